The van der Waals surface area contributed by atoms with Crippen LogP contribution in [0.25, 0.3) is 10.9 Å². The number of fused-ring (bicyclic) bond motifs is 1. The molecule has 0 saturated carbocycles. The molecule has 0 aliphatic carbocycles. The lowest BCUT2D eigenvalue weighted by Gasteiger charge is -2.15. The molecule has 5 nitrogen and oxygen atoms in total. The average molecular weight is 340 g/mol. The van der Waals surface area contributed by atoms with Crippen LogP contribution in [0.3, 0.4) is 0 Å². The molecule has 22 heavy (non-hydrogen) atoms. The highest BCUT2D eigenvalue weighted by molar-refractivity contribution is 6.45. The number of amides is 2. The molecular formula is C15H15Cl2N3O2. The van der Waals surface area contributed by atoms with Crippen LogP contribution in [0, 0.1) is 5.92 Å². The smallest absolute Gasteiger partial charge is 0.270 e. The Morgan fingerprint density at radius 1 is 1.36 bits per heavy atom. The van der Waals surface area contributed by atoms with E-state index in [0.717, 1.165) is 10.9 Å². The first-order valence-corrected chi connectivity index (χ1v) is 7.74. The Labute approximate surface area is 137 Å². The highest BCUT2D eigenvalue weighted by Gasteiger charge is 2.31. The Morgan fingerprint density at radius 3 is 2.86 bits per heavy atom. The van der Waals surface area contributed by atoms with Gasteiger partial charge in [0.05, 0.1) is 16.0 Å². The van der Waals surface area contributed by atoms with Gasteiger partial charge in [0.15, 0.2) is 0 Å². The fourth-order valence-corrected chi connectivity index (χ4v) is 3.17. The van der Waals surface area contributed by atoms with Crippen molar-refractivity contribution in [2.24, 2.45) is 5.92 Å². The van der Waals surface area contributed by atoms with Gasteiger partial charge in [0.25, 0.3) is 5.91 Å². The summed E-state index contributed by atoms with van der Waals surface area (Å²) >= 11 is 12.1. The molecular weight excluding hydrogens is 325 g/mol. The van der Waals surface area contributed by atoms with Gasteiger partial charge in [-0.1, -0.05) is 23.2 Å². The van der Waals surface area contributed by atoms with Gasteiger partial charge in [-0.2, -0.15) is 0 Å². The molecule has 1 aliphatic heterocycles. The number of benzene rings is 1. The summed E-state index contributed by atoms with van der Waals surface area (Å²) in [4.78, 5) is 29.0. The molecule has 1 atom stereocenters. The number of carbonyl (C=O) groups excluding carboxylic acids is 2. The zero-order valence-electron chi connectivity index (χ0n) is 12.0. The van der Waals surface area contributed by atoms with Crippen LogP contribution in [0.4, 0.5) is 0 Å². The number of likely N-dealkylation sites (tertiary alicyclic amines) is 1. The van der Waals surface area contributed by atoms with Crippen LogP contribution in [0.1, 0.15) is 16.9 Å². The van der Waals surface area contributed by atoms with Crippen molar-refractivity contribution in [3.05, 3.63) is 33.9 Å². The van der Waals surface area contributed by atoms with Gasteiger partial charge in [0, 0.05) is 31.0 Å². The predicted molar refractivity (Wildman–Crippen MR) is 86.4 cm³/mol. The molecule has 1 aliphatic rings. The Kier molecular flexibility index (Phi) is 4.02. The van der Waals surface area contributed by atoms with Crippen LogP contribution in [0.2, 0.25) is 10.0 Å². The SMILES string of the molecule is CNC(=O)[C@@H]1CCN(C(=O)c2cc3c(Cl)c(Cl)ccc3[nH]2)C1. The zero-order valence-corrected chi connectivity index (χ0v) is 13.5. The van der Waals surface area contributed by atoms with Crippen LogP contribution in [-0.4, -0.2) is 41.8 Å². The fourth-order valence-electron chi connectivity index (χ4n) is 2.79. The lowest BCUT2D eigenvalue weighted by Crippen LogP contribution is -2.33. The van der Waals surface area contributed by atoms with Crippen molar-refractivity contribution in [2.45, 2.75) is 6.42 Å². The van der Waals surface area contributed by atoms with E-state index in [-0.39, 0.29) is 17.7 Å². The van der Waals surface area contributed by atoms with Crippen molar-refractivity contribution >= 4 is 45.9 Å². The minimum Gasteiger partial charge on any atom is -0.359 e. The summed E-state index contributed by atoms with van der Waals surface area (Å²) in [6.07, 6.45) is 0.679. The molecule has 0 unspecified atom stereocenters. The number of carbonyl (C=O) groups is 2. The Morgan fingerprint density at radius 2 is 2.14 bits per heavy atom. The Hall–Kier alpha value is -1.72. The van der Waals surface area contributed by atoms with Crippen LogP contribution in [0.5, 0.6) is 0 Å². The maximum atomic E-state index is 12.6. The summed E-state index contributed by atoms with van der Waals surface area (Å²) in [6.45, 7) is 1.00. The number of nitrogens with zero attached hydrogens (tertiary/aromatic N) is 1. The monoisotopic (exact) mass is 339 g/mol. The molecule has 1 fully saturated rings. The van der Waals surface area contributed by atoms with E-state index >= 15 is 0 Å². The van der Waals surface area contributed by atoms with E-state index in [9.17, 15) is 9.59 Å². The van der Waals surface area contributed by atoms with Crippen molar-refractivity contribution in [2.75, 3.05) is 20.1 Å². The number of rotatable bonds is 2. The summed E-state index contributed by atoms with van der Waals surface area (Å²) in [7, 11) is 1.61. The van der Waals surface area contributed by atoms with Crippen LogP contribution in [0.15, 0.2) is 18.2 Å². The predicted octanol–water partition coefficient (Wildman–Crippen LogP) is 2.68. The minimum absolute atomic E-state index is 0.0261. The van der Waals surface area contributed by atoms with Gasteiger partial charge in [-0.05, 0) is 24.6 Å². The molecule has 2 amide bonds. The molecule has 1 aromatic heterocycles. The standard InChI is InChI=1S/C15H15Cl2N3O2/c1-18-14(21)8-4-5-20(7-8)15(22)12-6-9-11(19-12)3-2-10(16)13(9)17/h2-3,6,8,19H,4-5,7H2,1H3,(H,18,21)/t8-/m1/s1. The lowest BCUT2D eigenvalue weighted by molar-refractivity contribution is -0.124. The molecule has 2 N–H and O–H groups in total. The van der Waals surface area contributed by atoms with Gasteiger partial charge >= 0.3 is 0 Å². The third-order valence-corrected chi connectivity index (χ3v) is 4.83. The number of halogens is 2. The number of hydrogen-bond acceptors (Lipinski definition) is 2. The fraction of sp³-hybridized carbons (Fsp3) is 0.333. The van der Waals surface area contributed by atoms with Crippen LogP contribution in [-0.2, 0) is 4.79 Å². The van der Waals surface area contributed by atoms with E-state index in [4.69, 9.17) is 23.2 Å². The number of nitrogens with one attached hydrogen (secondary N) is 2. The van der Waals surface area contributed by atoms with Gasteiger partial charge in [-0.25, -0.2) is 0 Å². The van der Waals surface area contributed by atoms with E-state index in [1.54, 1.807) is 30.1 Å². The lowest BCUT2D eigenvalue weighted by atomic mass is 10.1. The van der Waals surface area contributed by atoms with Crippen molar-refractivity contribution in [1.29, 1.82) is 0 Å². The molecule has 2 aromatic rings. The first-order valence-electron chi connectivity index (χ1n) is 6.99. The number of aromatic amines is 1. The van der Waals surface area contributed by atoms with Crippen molar-refractivity contribution in [1.82, 2.24) is 15.2 Å². The van der Waals surface area contributed by atoms with E-state index < -0.39 is 0 Å². The highest BCUT2D eigenvalue weighted by Crippen LogP contribution is 2.31. The molecule has 1 saturated heterocycles. The Bertz CT molecular complexity index is 757. The van der Waals surface area contributed by atoms with E-state index in [1.165, 1.54) is 0 Å². The molecule has 116 valence electrons. The van der Waals surface area contributed by atoms with Crippen LogP contribution >= 0.6 is 23.2 Å². The number of hydrogen-bond donors (Lipinski definition) is 2. The second-order valence-corrected chi connectivity index (χ2v) is 6.14. The van der Waals surface area contributed by atoms with E-state index in [2.05, 4.69) is 10.3 Å². The second kappa shape index (κ2) is 5.82. The quantitative estimate of drug-likeness (QED) is 0.883. The van der Waals surface area contributed by atoms with Gasteiger partial charge in [-0.15, -0.1) is 0 Å². The van der Waals surface area contributed by atoms with Crippen molar-refractivity contribution in [3.8, 4) is 0 Å². The Balaban J connectivity index is 1.84. The average Bonchev–Trinajstić information content (AvgIpc) is 3.16. The molecule has 3 rings (SSSR count). The summed E-state index contributed by atoms with van der Waals surface area (Å²) in [5, 5.41) is 4.23. The van der Waals surface area contributed by atoms with Crippen molar-refractivity contribution in [3.63, 3.8) is 0 Å². The summed E-state index contributed by atoms with van der Waals surface area (Å²) < 4.78 is 0. The zero-order chi connectivity index (χ0) is 15.9. The van der Waals surface area contributed by atoms with Gasteiger partial charge in [-0.3, -0.25) is 9.59 Å². The maximum Gasteiger partial charge on any atom is 0.270 e. The largest absolute Gasteiger partial charge is 0.359 e. The molecule has 0 radical (unpaired) electrons. The van der Waals surface area contributed by atoms with Crippen LogP contribution < -0.4 is 5.32 Å². The summed E-state index contributed by atoms with van der Waals surface area (Å²) in [6, 6.07) is 5.19. The first-order chi connectivity index (χ1) is 10.5. The summed E-state index contributed by atoms with van der Waals surface area (Å²) in [5.41, 5.74) is 1.22. The molecule has 0 bridgehead atoms. The third kappa shape index (κ3) is 2.55. The number of aromatic nitrogens is 1. The topological polar surface area (TPSA) is 65.2 Å². The molecule has 7 heteroatoms. The second-order valence-electron chi connectivity index (χ2n) is 5.36. The van der Waals surface area contributed by atoms with Gasteiger partial charge in [0.1, 0.15) is 5.69 Å². The normalized spacial score (nSPS) is 18.0. The van der Waals surface area contributed by atoms with E-state index in [0.29, 0.717) is 35.2 Å². The first kappa shape index (κ1) is 15.2. The molecule has 1 aromatic carbocycles. The number of H-pyrrole nitrogens is 1. The third-order valence-electron chi connectivity index (χ3n) is 4.01. The maximum absolute atomic E-state index is 12.6. The minimum atomic E-state index is -0.142. The molecule has 2 heterocycles. The molecule has 0 spiro atoms. The van der Waals surface area contributed by atoms with Gasteiger partial charge < -0.3 is 15.2 Å². The van der Waals surface area contributed by atoms with Crippen molar-refractivity contribution < 1.29 is 9.59 Å². The summed E-state index contributed by atoms with van der Waals surface area (Å²) in [5.74, 6) is -0.298. The highest BCUT2D eigenvalue weighted by atomic mass is 35.5. The van der Waals surface area contributed by atoms with E-state index in [1.807, 2.05) is 0 Å². The van der Waals surface area contributed by atoms with Gasteiger partial charge in [0.2, 0.25) is 5.91 Å².